The fourth-order valence-electron chi connectivity index (χ4n) is 5.47. The van der Waals surface area contributed by atoms with Crippen LogP contribution >= 0.6 is 11.3 Å². The van der Waals surface area contributed by atoms with Gasteiger partial charge in [-0.3, -0.25) is 9.35 Å². The number of esters is 1. The zero-order valence-electron chi connectivity index (χ0n) is 24.1. The van der Waals surface area contributed by atoms with Gasteiger partial charge in [-0.15, -0.1) is 13.2 Å². The molecule has 3 N–H and O–H groups in total. The normalized spacial score (nSPS) is 18.4. The lowest BCUT2D eigenvalue weighted by Crippen LogP contribution is -2.49. The summed E-state index contributed by atoms with van der Waals surface area (Å²) >= 11 is -1.46. The minimum atomic E-state index is -5.07. The maximum Gasteiger partial charge on any atom is 0.573 e. The van der Waals surface area contributed by atoms with Crippen LogP contribution in [0.15, 0.2) is 30.6 Å². The quantitative estimate of drug-likeness (QED) is 0.165. The number of carbonyl (C=O) groups excluding carboxylic acids is 2. The molecule has 18 heteroatoms. The van der Waals surface area contributed by atoms with E-state index in [0.717, 1.165) is 41.2 Å². The minimum absolute atomic E-state index is 0.0211. The molecule has 0 bridgehead atoms. The van der Waals surface area contributed by atoms with Crippen molar-refractivity contribution in [2.45, 2.75) is 44.1 Å². The number of anilines is 3. The van der Waals surface area contributed by atoms with Crippen molar-refractivity contribution in [2.24, 2.45) is 0 Å². The summed E-state index contributed by atoms with van der Waals surface area (Å²) in [5.74, 6) is -2.20. The second-order valence-electron chi connectivity index (χ2n) is 10.4. The third-order valence-corrected chi connectivity index (χ3v) is 9.49. The van der Waals surface area contributed by atoms with E-state index in [0.29, 0.717) is 15.5 Å². The number of benzene rings is 1. The van der Waals surface area contributed by atoms with Crippen molar-refractivity contribution in [3.63, 3.8) is 0 Å². The van der Waals surface area contributed by atoms with Crippen molar-refractivity contribution >= 4 is 61.2 Å². The predicted octanol–water partition coefficient (Wildman–Crippen LogP) is 3.12. The topological polar surface area (TPSA) is 161 Å². The summed E-state index contributed by atoms with van der Waals surface area (Å²) in [7, 11) is 1.40. The maximum absolute atomic E-state index is 13.9. The molecule has 0 saturated carbocycles. The Labute approximate surface area is 262 Å². The van der Waals surface area contributed by atoms with E-state index in [1.165, 1.54) is 43.0 Å². The first kappa shape index (κ1) is 32.6. The van der Waals surface area contributed by atoms with Crippen LogP contribution in [0.5, 0.6) is 5.75 Å². The number of fused-ring (bicyclic) bond motifs is 1. The number of ether oxygens (including phenoxy) is 3. The average Bonchev–Trinajstić information content (AvgIpc) is 3.74. The molecule has 45 heavy (non-hydrogen) atoms. The van der Waals surface area contributed by atoms with Crippen LogP contribution in [-0.4, -0.2) is 93.9 Å². The van der Waals surface area contributed by atoms with E-state index in [1.54, 1.807) is 0 Å². The second kappa shape index (κ2) is 13.7. The first-order valence-corrected chi connectivity index (χ1v) is 15.8. The van der Waals surface area contributed by atoms with Gasteiger partial charge in [0.25, 0.3) is 11.3 Å². The van der Waals surface area contributed by atoms with Gasteiger partial charge in [0.1, 0.15) is 35.3 Å². The standard InChI is InChI=1S/C27H31F3N6O7S2/c1-41-10-11-42-25(38)20(13-17-12-16-4-6-32-23(31)18(16)14-21(17)43-27(28,29)30)35-9-5-19(24(35)37)36(45(39)40)22-15-33-26(44-22)34-7-2-3-8-34/h4,6,12,14-15,19-20H,2-3,5,7-11,13H2,1H3,(H2,31,32)(H,39,40)/t19-,20+/m0/s1. The van der Waals surface area contributed by atoms with Crippen molar-refractivity contribution in [2.75, 3.05) is 54.9 Å². The Kier molecular flexibility index (Phi) is 9.95. The Morgan fingerprint density at radius 2 is 2.00 bits per heavy atom. The van der Waals surface area contributed by atoms with Crippen LogP contribution < -0.4 is 19.7 Å². The Bertz CT molecular complexity index is 1570. The van der Waals surface area contributed by atoms with E-state index in [9.17, 15) is 31.5 Å². The number of nitrogens with zero attached hydrogens (tertiary/aromatic N) is 5. The number of nitrogen functional groups attached to an aromatic ring is 1. The zero-order valence-corrected chi connectivity index (χ0v) is 25.7. The van der Waals surface area contributed by atoms with Crippen LogP contribution in [0.25, 0.3) is 10.8 Å². The van der Waals surface area contributed by atoms with Crippen LogP contribution in [0.4, 0.5) is 29.1 Å². The van der Waals surface area contributed by atoms with Crippen LogP contribution in [0.3, 0.4) is 0 Å². The number of pyridine rings is 1. The van der Waals surface area contributed by atoms with Crippen LogP contribution in [-0.2, 0) is 36.8 Å². The van der Waals surface area contributed by atoms with Crippen LogP contribution in [0.1, 0.15) is 24.8 Å². The number of hydrogen-bond acceptors (Lipinski definition) is 11. The molecule has 0 spiro atoms. The molecule has 244 valence electrons. The van der Waals surface area contributed by atoms with Gasteiger partial charge in [0, 0.05) is 44.7 Å². The maximum atomic E-state index is 13.9. The van der Waals surface area contributed by atoms with Gasteiger partial charge < -0.3 is 29.7 Å². The molecule has 1 unspecified atom stereocenters. The number of rotatable bonds is 12. The number of thiazole rings is 1. The lowest BCUT2D eigenvalue weighted by molar-refractivity contribution is -0.274. The lowest BCUT2D eigenvalue weighted by atomic mass is 10.00. The number of aromatic nitrogens is 2. The van der Waals surface area contributed by atoms with Gasteiger partial charge in [0.2, 0.25) is 5.91 Å². The molecule has 2 aliphatic heterocycles. The van der Waals surface area contributed by atoms with Crippen LogP contribution in [0, 0.1) is 0 Å². The molecule has 2 aromatic heterocycles. The molecule has 2 aliphatic rings. The number of methoxy groups -OCH3 is 1. The van der Waals surface area contributed by atoms with Crippen molar-refractivity contribution in [1.82, 2.24) is 14.9 Å². The van der Waals surface area contributed by atoms with Crippen LogP contribution in [0.2, 0.25) is 0 Å². The van der Waals surface area contributed by atoms with Crippen molar-refractivity contribution < 1.29 is 45.7 Å². The number of hydrogen-bond donors (Lipinski definition) is 2. The molecule has 2 fully saturated rings. The Balaban J connectivity index is 1.47. The molecule has 3 atom stereocenters. The van der Waals surface area contributed by atoms with E-state index >= 15 is 0 Å². The highest BCUT2D eigenvalue weighted by Gasteiger charge is 2.45. The summed E-state index contributed by atoms with van der Waals surface area (Å²) in [6.45, 7) is 1.43. The van der Waals surface area contributed by atoms with Crippen molar-refractivity contribution in [3.05, 3.63) is 36.2 Å². The molecule has 1 aromatic carbocycles. The first-order valence-electron chi connectivity index (χ1n) is 14.0. The molecule has 4 heterocycles. The molecular formula is C27H31F3N6O7S2. The molecular weight excluding hydrogens is 641 g/mol. The van der Waals surface area contributed by atoms with Gasteiger partial charge in [-0.1, -0.05) is 11.3 Å². The highest BCUT2D eigenvalue weighted by Crippen LogP contribution is 2.37. The van der Waals surface area contributed by atoms with E-state index in [4.69, 9.17) is 15.2 Å². The largest absolute Gasteiger partial charge is 0.573 e. The highest BCUT2D eigenvalue weighted by atomic mass is 32.2. The fourth-order valence-corrected chi connectivity index (χ4v) is 7.31. The number of alkyl halides is 3. The number of nitrogens with two attached hydrogens (primary N) is 1. The number of likely N-dealkylation sites (tertiary alicyclic amines) is 1. The van der Waals surface area contributed by atoms with Gasteiger partial charge in [-0.05, 0) is 48.4 Å². The molecule has 0 aliphatic carbocycles. The van der Waals surface area contributed by atoms with E-state index in [2.05, 4.69) is 19.6 Å². The molecule has 13 nitrogen and oxygen atoms in total. The summed E-state index contributed by atoms with van der Waals surface area (Å²) in [6.07, 6.45) is -0.633. The van der Waals surface area contributed by atoms with E-state index in [-0.39, 0.29) is 42.9 Å². The number of amides is 1. The van der Waals surface area contributed by atoms with Gasteiger partial charge in [0.05, 0.1) is 12.8 Å². The lowest BCUT2D eigenvalue weighted by Gasteiger charge is -2.29. The third-order valence-electron chi connectivity index (χ3n) is 7.53. The van der Waals surface area contributed by atoms with Gasteiger partial charge in [-0.25, -0.2) is 23.3 Å². The predicted molar refractivity (Wildman–Crippen MR) is 160 cm³/mol. The average molecular weight is 673 g/mol. The van der Waals surface area contributed by atoms with Crippen molar-refractivity contribution in [3.8, 4) is 5.75 Å². The summed E-state index contributed by atoms with van der Waals surface area (Å²) < 4.78 is 78.8. The summed E-state index contributed by atoms with van der Waals surface area (Å²) in [6, 6.07) is 1.46. The summed E-state index contributed by atoms with van der Waals surface area (Å²) in [5.41, 5.74) is 5.84. The molecule has 2 saturated heterocycles. The Hall–Kier alpha value is -3.74. The number of halogens is 3. The first-order chi connectivity index (χ1) is 21.5. The Morgan fingerprint density at radius 1 is 1.24 bits per heavy atom. The van der Waals surface area contributed by atoms with Gasteiger partial charge in [0.15, 0.2) is 5.13 Å². The zero-order chi connectivity index (χ0) is 32.3. The monoisotopic (exact) mass is 672 g/mol. The molecule has 5 rings (SSSR count). The van der Waals surface area contributed by atoms with E-state index in [1.807, 2.05) is 0 Å². The Morgan fingerprint density at radius 3 is 2.69 bits per heavy atom. The smallest absolute Gasteiger partial charge is 0.462 e. The summed E-state index contributed by atoms with van der Waals surface area (Å²) in [5, 5.41) is 1.59. The number of carbonyl (C=O) groups is 2. The highest BCUT2D eigenvalue weighted by molar-refractivity contribution is 7.81. The third kappa shape index (κ3) is 7.40. The summed E-state index contributed by atoms with van der Waals surface area (Å²) in [4.78, 5) is 38.8. The molecule has 0 radical (unpaired) electrons. The minimum Gasteiger partial charge on any atom is -0.462 e. The fraction of sp³-hybridized carbons (Fsp3) is 0.481. The molecule has 3 aromatic rings. The van der Waals surface area contributed by atoms with Gasteiger partial charge >= 0.3 is 12.3 Å². The van der Waals surface area contributed by atoms with Gasteiger partial charge in [-0.2, -0.15) is 0 Å². The second-order valence-corrected chi connectivity index (χ2v) is 12.2. The molecule has 1 amide bonds. The van der Waals surface area contributed by atoms with Crippen molar-refractivity contribution in [1.29, 1.82) is 0 Å². The van der Waals surface area contributed by atoms with E-state index < -0.39 is 53.8 Å². The SMILES string of the molecule is COCCOC(=O)[C@@H](Cc1cc2ccnc(N)c2cc1OC(F)(F)F)N1CC[C@H](N(c2cnc(N3CCCC3)s2)S(=O)O)C1=O.